The molecule has 0 radical (unpaired) electrons. The molecule has 0 saturated carbocycles. The van der Waals surface area contributed by atoms with Gasteiger partial charge in [-0.2, -0.15) is 0 Å². The number of nitrogens with two attached hydrogens (primary N) is 1. The zero-order valence-corrected chi connectivity index (χ0v) is 10.5. The molecule has 0 unspecified atom stereocenters. The third kappa shape index (κ3) is 2.34. The van der Waals surface area contributed by atoms with Crippen molar-refractivity contribution in [2.75, 3.05) is 23.8 Å². The van der Waals surface area contributed by atoms with Gasteiger partial charge in [-0.3, -0.25) is 0 Å². The normalized spacial score (nSPS) is 13.8. The molecular formula is C15H15FN2O. The first kappa shape index (κ1) is 11.8. The van der Waals surface area contributed by atoms with E-state index in [1.807, 2.05) is 18.2 Å². The van der Waals surface area contributed by atoms with Crippen molar-refractivity contribution in [1.29, 1.82) is 0 Å². The molecule has 2 aromatic rings. The topological polar surface area (TPSA) is 38.5 Å². The van der Waals surface area contributed by atoms with Crippen LogP contribution in [0.3, 0.4) is 0 Å². The Balaban J connectivity index is 1.89. The van der Waals surface area contributed by atoms with Crippen LogP contribution in [0.4, 0.5) is 15.8 Å². The fourth-order valence-electron chi connectivity index (χ4n) is 2.34. The maximum absolute atomic E-state index is 12.9. The number of nitrogen functional groups attached to an aromatic ring is 1. The van der Waals surface area contributed by atoms with Gasteiger partial charge in [0.2, 0.25) is 0 Å². The van der Waals surface area contributed by atoms with Crippen molar-refractivity contribution >= 4 is 11.4 Å². The summed E-state index contributed by atoms with van der Waals surface area (Å²) in [6.45, 7) is 2.11. The summed E-state index contributed by atoms with van der Waals surface area (Å²) in [6, 6.07) is 12.2. The molecule has 0 fully saturated rings. The molecule has 1 heterocycles. The maximum Gasteiger partial charge on any atom is 0.144 e. The Bertz CT molecular complexity index is 583. The summed E-state index contributed by atoms with van der Waals surface area (Å²) in [5, 5.41) is 0. The number of para-hydroxylation sites is 1. The molecule has 0 saturated heterocycles. The Morgan fingerprint density at radius 3 is 2.74 bits per heavy atom. The summed E-state index contributed by atoms with van der Waals surface area (Å²) in [6.07, 6.45) is 0. The zero-order chi connectivity index (χ0) is 13.2. The quantitative estimate of drug-likeness (QED) is 0.842. The van der Waals surface area contributed by atoms with Crippen LogP contribution in [-0.2, 0) is 6.54 Å². The third-order valence-electron chi connectivity index (χ3n) is 3.25. The van der Waals surface area contributed by atoms with Gasteiger partial charge in [0.1, 0.15) is 23.9 Å². The number of rotatable bonds is 2. The lowest BCUT2D eigenvalue weighted by Gasteiger charge is -2.32. The zero-order valence-electron chi connectivity index (χ0n) is 10.5. The van der Waals surface area contributed by atoms with E-state index in [2.05, 4.69) is 4.90 Å². The molecule has 0 amide bonds. The van der Waals surface area contributed by atoms with Crippen LogP contribution in [0, 0.1) is 5.82 Å². The van der Waals surface area contributed by atoms with Gasteiger partial charge in [0.25, 0.3) is 0 Å². The van der Waals surface area contributed by atoms with Crippen LogP contribution in [0.25, 0.3) is 0 Å². The van der Waals surface area contributed by atoms with Gasteiger partial charge in [-0.15, -0.1) is 0 Å². The summed E-state index contributed by atoms with van der Waals surface area (Å²) in [4.78, 5) is 2.17. The van der Waals surface area contributed by atoms with Gasteiger partial charge in [0.05, 0.1) is 12.2 Å². The van der Waals surface area contributed by atoms with Crippen molar-refractivity contribution < 1.29 is 9.13 Å². The van der Waals surface area contributed by atoms with E-state index in [1.165, 1.54) is 12.1 Å². The van der Waals surface area contributed by atoms with Crippen LogP contribution in [0.5, 0.6) is 5.75 Å². The van der Waals surface area contributed by atoms with Crippen molar-refractivity contribution in [2.45, 2.75) is 6.54 Å². The molecule has 0 aliphatic carbocycles. The second kappa shape index (κ2) is 4.80. The third-order valence-corrected chi connectivity index (χ3v) is 3.25. The monoisotopic (exact) mass is 258 g/mol. The number of hydrogen-bond acceptors (Lipinski definition) is 3. The van der Waals surface area contributed by atoms with Gasteiger partial charge >= 0.3 is 0 Å². The minimum atomic E-state index is -0.217. The largest absolute Gasteiger partial charge is 0.489 e. The first-order valence-corrected chi connectivity index (χ1v) is 6.25. The lowest BCUT2D eigenvalue weighted by Crippen LogP contribution is -2.32. The van der Waals surface area contributed by atoms with Crippen molar-refractivity contribution in [3.63, 3.8) is 0 Å². The van der Waals surface area contributed by atoms with E-state index < -0.39 is 0 Å². The van der Waals surface area contributed by atoms with E-state index in [1.54, 1.807) is 12.1 Å². The summed E-state index contributed by atoms with van der Waals surface area (Å²) in [7, 11) is 0. The highest BCUT2D eigenvalue weighted by Crippen LogP contribution is 2.37. The average molecular weight is 258 g/mol. The molecule has 1 aliphatic heterocycles. The number of halogens is 1. The van der Waals surface area contributed by atoms with Gasteiger partial charge in [-0.05, 0) is 29.8 Å². The second-order valence-corrected chi connectivity index (χ2v) is 4.59. The van der Waals surface area contributed by atoms with Crippen LogP contribution in [0.2, 0.25) is 0 Å². The molecule has 0 spiro atoms. The van der Waals surface area contributed by atoms with Crippen molar-refractivity contribution in [3.8, 4) is 5.75 Å². The Hall–Kier alpha value is -2.23. The molecule has 3 nitrogen and oxygen atoms in total. The van der Waals surface area contributed by atoms with E-state index in [4.69, 9.17) is 10.5 Å². The molecule has 2 aromatic carbocycles. The van der Waals surface area contributed by atoms with E-state index in [9.17, 15) is 4.39 Å². The van der Waals surface area contributed by atoms with Crippen LogP contribution >= 0.6 is 0 Å². The Morgan fingerprint density at radius 2 is 1.95 bits per heavy atom. The first-order chi connectivity index (χ1) is 9.24. The molecule has 0 atom stereocenters. The number of ether oxygens (including phenoxy) is 1. The lowest BCUT2D eigenvalue weighted by molar-refractivity contribution is 0.307. The molecule has 19 heavy (non-hydrogen) atoms. The van der Waals surface area contributed by atoms with Crippen molar-refractivity contribution in [2.24, 2.45) is 0 Å². The smallest absolute Gasteiger partial charge is 0.144 e. The predicted molar refractivity (Wildman–Crippen MR) is 73.8 cm³/mol. The minimum absolute atomic E-state index is 0.217. The van der Waals surface area contributed by atoms with E-state index >= 15 is 0 Å². The maximum atomic E-state index is 12.9. The van der Waals surface area contributed by atoms with E-state index in [0.29, 0.717) is 18.8 Å². The number of hydrogen-bond donors (Lipinski definition) is 1. The number of anilines is 2. The van der Waals surface area contributed by atoms with Gasteiger partial charge in [0.15, 0.2) is 0 Å². The molecule has 4 heteroatoms. The van der Waals surface area contributed by atoms with E-state index in [0.717, 1.165) is 23.5 Å². The first-order valence-electron chi connectivity index (χ1n) is 6.25. The molecule has 3 rings (SSSR count). The van der Waals surface area contributed by atoms with Crippen LogP contribution in [-0.4, -0.2) is 13.2 Å². The highest BCUT2D eigenvalue weighted by molar-refractivity contribution is 5.75. The Morgan fingerprint density at radius 1 is 1.16 bits per heavy atom. The molecule has 1 aliphatic rings. The Labute approximate surface area is 111 Å². The highest BCUT2D eigenvalue weighted by atomic mass is 19.1. The van der Waals surface area contributed by atoms with Gasteiger partial charge in [-0.1, -0.05) is 18.2 Å². The van der Waals surface area contributed by atoms with E-state index in [-0.39, 0.29) is 5.82 Å². The minimum Gasteiger partial charge on any atom is -0.489 e. The molecule has 0 bridgehead atoms. The lowest BCUT2D eigenvalue weighted by atomic mass is 10.1. The molecule has 2 N–H and O–H groups in total. The molecule has 98 valence electrons. The fourth-order valence-corrected chi connectivity index (χ4v) is 2.34. The summed E-state index contributed by atoms with van der Waals surface area (Å²) >= 11 is 0. The van der Waals surface area contributed by atoms with Gasteiger partial charge in [-0.25, -0.2) is 4.39 Å². The van der Waals surface area contributed by atoms with Crippen molar-refractivity contribution in [1.82, 2.24) is 0 Å². The standard InChI is InChI=1S/C15H15FN2O/c16-12-6-4-11(5-7-12)10-18-8-9-19-14-3-1-2-13(17)15(14)18/h1-7H,8-10,17H2. The SMILES string of the molecule is Nc1cccc2c1N(Cc1ccc(F)cc1)CCO2. The van der Waals surface area contributed by atoms with Crippen LogP contribution in [0.15, 0.2) is 42.5 Å². The summed E-state index contributed by atoms with van der Waals surface area (Å²) < 4.78 is 18.5. The highest BCUT2D eigenvalue weighted by Gasteiger charge is 2.20. The summed E-state index contributed by atoms with van der Waals surface area (Å²) in [5.74, 6) is 0.596. The van der Waals surface area contributed by atoms with Crippen LogP contribution < -0.4 is 15.4 Å². The fraction of sp³-hybridized carbons (Fsp3) is 0.200. The number of benzene rings is 2. The van der Waals surface area contributed by atoms with Crippen LogP contribution in [0.1, 0.15) is 5.56 Å². The average Bonchev–Trinajstić information content (AvgIpc) is 2.42. The van der Waals surface area contributed by atoms with Gasteiger partial charge in [0, 0.05) is 6.54 Å². The van der Waals surface area contributed by atoms with Crippen molar-refractivity contribution in [3.05, 3.63) is 53.8 Å². The second-order valence-electron chi connectivity index (χ2n) is 4.59. The molecule has 0 aromatic heterocycles. The Kier molecular flexibility index (Phi) is 2.99. The number of nitrogens with zero attached hydrogens (tertiary/aromatic N) is 1. The number of fused-ring (bicyclic) bond motifs is 1. The summed E-state index contributed by atoms with van der Waals surface area (Å²) in [5.41, 5.74) is 8.72. The predicted octanol–water partition coefficient (Wildman–Crippen LogP) is 2.81. The molecular weight excluding hydrogens is 243 g/mol. The van der Waals surface area contributed by atoms with Gasteiger partial charge < -0.3 is 15.4 Å².